The predicted molar refractivity (Wildman–Crippen MR) is 72.6 cm³/mol. The molecule has 2 atom stereocenters. The molecular weight excluding hydrogens is 244 g/mol. The summed E-state index contributed by atoms with van der Waals surface area (Å²) in [6.45, 7) is 5.47. The molecule has 1 saturated heterocycles. The van der Waals surface area contributed by atoms with Crippen LogP contribution in [0.2, 0.25) is 0 Å². The second-order valence-electron chi connectivity index (χ2n) is 5.34. The molecule has 19 heavy (non-hydrogen) atoms. The van der Waals surface area contributed by atoms with Gasteiger partial charge in [0.1, 0.15) is 11.9 Å². The number of nitrogens with two attached hydrogens (primary N) is 1. The average Bonchev–Trinajstić information content (AvgIpc) is 2.98. The molecule has 1 amide bonds. The highest BCUT2D eigenvalue weighted by molar-refractivity contribution is 5.93. The van der Waals surface area contributed by atoms with Gasteiger partial charge in [-0.3, -0.25) is 4.79 Å². The lowest BCUT2D eigenvalue weighted by Gasteiger charge is -2.14. The minimum atomic E-state index is -0.393. The van der Waals surface area contributed by atoms with Crippen molar-refractivity contribution in [2.45, 2.75) is 45.4 Å². The van der Waals surface area contributed by atoms with Gasteiger partial charge in [-0.2, -0.15) is 5.10 Å². The zero-order valence-electron chi connectivity index (χ0n) is 11.5. The normalized spacial score (nSPS) is 22.9. The van der Waals surface area contributed by atoms with Gasteiger partial charge in [-0.1, -0.05) is 13.8 Å². The van der Waals surface area contributed by atoms with Gasteiger partial charge in [0.15, 0.2) is 0 Å². The Morgan fingerprint density at radius 1 is 1.63 bits per heavy atom. The minimum Gasteiger partial charge on any atom is -0.364 e. The van der Waals surface area contributed by atoms with E-state index < -0.39 is 6.10 Å². The number of rotatable bonds is 5. The molecule has 6 nitrogen and oxygen atoms in total. The Bertz CT molecular complexity index is 430. The Morgan fingerprint density at radius 2 is 2.42 bits per heavy atom. The van der Waals surface area contributed by atoms with Crippen molar-refractivity contribution in [3.05, 3.63) is 12.3 Å². The topological polar surface area (TPSA) is 82.2 Å². The third-order valence-corrected chi connectivity index (χ3v) is 3.17. The van der Waals surface area contributed by atoms with Crippen molar-refractivity contribution < 1.29 is 9.53 Å². The van der Waals surface area contributed by atoms with Crippen LogP contribution in [0, 0.1) is 5.92 Å². The maximum absolute atomic E-state index is 12.1. The molecule has 2 heterocycles. The van der Waals surface area contributed by atoms with E-state index in [1.807, 2.05) is 0 Å². The lowest BCUT2D eigenvalue weighted by atomic mass is 10.2. The lowest BCUT2D eigenvalue weighted by Crippen LogP contribution is -2.30. The molecule has 0 unspecified atom stereocenters. The van der Waals surface area contributed by atoms with Gasteiger partial charge >= 0.3 is 0 Å². The number of nitrogens with one attached hydrogen (secondary N) is 1. The van der Waals surface area contributed by atoms with Crippen molar-refractivity contribution in [2.24, 2.45) is 11.7 Å². The molecule has 0 bridgehead atoms. The molecule has 1 fully saturated rings. The number of ether oxygens (including phenoxy) is 1. The van der Waals surface area contributed by atoms with E-state index in [0.717, 1.165) is 25.2 Å². The van der Waals surface area contributed by atoms with E-state index in [4.69, 9.17) is 10.5 Å². The van der Waals surface area contributed by atoms with Gasteiger partial charge in [-0.05, 0) is 18.8 Å². The van der Waals surface area contributed by atoms with Crippen LogP contribution in [-0.2, 0) is 16.1 Å². The van der Waals surface area contributed by atoms with Gasteiger partial charge in [-0.25, -0.2) is 4.68 Å². The highest BCUT2D eigenvalue weighted by Crippen LogP contribution is 2.20. The molecule has 3 N–H and O–H groups in total. The van der Waals surface area contributed by atoms with Crippen LogP contribution in [0.5, 0.6) is 0 Å². The molecule has 1 aliphatic heterocycles. The maximum Gasteiger partial charge on any atom is 0.254 e. The van der Waals surface area contributed by atoms with Crippen LogP contribution < -0.4 is 11.1 Å². The first kappa shape index (κ1) is 14.0. The van der Waals surface area contributed by atoms with Gasteiger partial charge in [0.25, 0.3) is 5.91 Å². The Hall–Kier alpha value is -1.40. The Labute approximate surface area is 113 Å². The summed E-state index contributed by atoms with van der Waals surface area (Å²) in [5.41, 5.74) is 5.54. The molecule has 6 heteroatoms. The summed E-state index contributed by atoms with van der Waals surface area (Å²) < 4.78 is 7.38. The molecule has 1 aromatic heterocycles. The summed E-state index contributed by atoms with van der Waals surface area (Å²) in [5.74, 6) is 1.08. The van der Waals surface area contributed by atoms with E-state index in [2.05, 4.69) is 24.3 Å². The molecule has 0 radical (unpaired) electrons. The third-order valence-electron chi connectivity index (χ3n) is 3.17. The zero-order valence-corrected chi connectivity index (χ0v) is 11.5. The number of carbonyl (C=O) groups excluding carboxylic acids is 1. The van der Waals surface area contributed by atoms with Crippen molar-refractivity contribution in [3.8, 4) is 0 Å². The summed E-state index contributed by atoms with van der Waals surface area (Å²) in [4.78, 5) is 12.1. The first-order chi connectivity index (χ1) is 9.10. The van der Waals surface area contributed by atoms with E-state index >= 15 is 0 Å². The van der Waals surface area contributed by atoms with Crippen LogP contribution in [0.15, 0.2) is 12.3 Å². The summed E-state index contributed by atoms with van der Waals surface area (Å²) >= 11 is 0. The van der Waals surface area contributed by atoms with Gasteiger partial charge < -0.3 is 15.8 Å². The molecule has 0 aromatic carbocycles. The maximum atomic E-state index is 12.1. The number of amides is 1. The van der Waals surface area contributed by atoms with Gasteiger partial charge in [0.2, 0.25) is 0 Å². The molecule has 0 spiro atoms. The van der Waals surface area contributed by atoms with Crippen LogP contribution in [0.25, 0.3) is 0 Å². The standard InChI is InChI=1S/C13H22N4O2/c1-9(2)8-17-12(5-6-15-17)16-13(18)11-4-3-10(7-14)19-11/h5-6,9-11H,3-4,7-8,14H2,1-2H3,(H,16,18)/t10-,11+/m1/s1. The molecule has 0 saturated carbocycles. The van der Waals surface area contributed by atoms with E-state index in [1.54, 1.807) is 16.9 Å². The predicted octanol–water partition coefficient (Wildman–Crippen LogP) is 0.984. The Kier molecular flexibility index (Phi) is 4.55. The van der Waals surface area contributed by atoms with Crippen LogP contribution >= 0.6 is 0 Å². The molecule has 0 aliphatic carbocycles. The van der Waals surface area contributed by atoms with Crippen molar-refractivity contribution in [3.63, 3.8) is 0 Å². The molecule has 1 aromatic rings. The average molecular weight is 266 g/mol. The Morgan fingerprint density at radius 3 is 3.05 bits per heavy atom. The molecule has 1 aliphatic rings. The largest absolute Gasteiger partial charge is 0.364 e. The van der Waals surface area contributed by atoms with Crippen LogP contribution in [0.1, 0.15) is 26.7 Å². The first-order valence-corrected chi connectivity index (χ1v) is 6.78. The molecular formula is C13H22N4O2. The fourth-order valence-electron chi connectivity index (χ4n) is 2.21. The van der Waals surface area contributed by atoms with Crippen LogP contribution in [-0.4, -0.2) is 34.4 Å². The zero-order chi connectivity index (χ0) is 13.8. The fourth-order valence-corrected chi connectivity index (χ4v) is 2.21. The first-order valence-electron chi connectivity index (χ1n) is 6.78. The SMILES string of the molecule is CC(C)Cn1nccc1NC(=O)[C@@H]1CC[C@H](CN)O1. The highest BCUT2D eigenvalue weighted by Gasteiger charge is 2.30. The summed E-state index contributed by atoms with van der Waals surface area (Å²) in [7, 11) is 0. The molecule has 2 rings (SSSR count). The van der Waals surface area contributed by atoms with Crippen molar-refractivity contribution in [1.82, 2.24) is 9.78 Å². The van der Waals surface area contributed by atoms with Gasteiger partial charge in [0, 0.05) is 19.2 Å². The highest BCUT2D eigenvalue weighted by atomic mass is 16.5. The summed E-state index contributed by atoms with van der Waals surface area (Å²) in [6, 6.07) is 1.80. The Balaban J connectivity index is 1.94. The second-order valence-corrected chi connectivity index (χ2v) is 5.34. The van der Waals surface area contributed by atoms with E-state index in [-0.39, 0.29) is 12.0 Å². The van der Waals surface area contributed by atoms with Crippen molar-refractivity contribution >= 4 is 11.7 Å². The number of carbonyl (C=O) groups is 1. The lowest BCUT2D eigenvalue weighted by molar-refractivity contribution is -0.126. The number of hydrogen-bond donors (Lipinski definition) is 2. The number of anilines is 1. The van der Waals surface area contributed by atoms with Gasteiger partial charge in [-0.15, -0.1) is 0 Å². The quantitative estimate of drug-likeness (QED) is 0.832. The monoisotopic (exact) mass is 266 g/mol. The summed E-state index contributed by atoms with van der Waals surface area (Å²) in [6.07, 6.45) is 2.88. The van der Waals surface area contributed by atoms with Gasteiger partial charge in [0.05, 0.1) is 12.3 Å². The number of aromatic nitrogens is 2. The fraction of sp³-hybridized carbons (Fsp3) is 0.692. The number of nitrogens with zero attached hydrogens (tertiary/aromatic N) is 2. The molecule has 106 valence electrons. The minimum absolute atomic E-state index is 0.0105. The van der Waals surface area contributed by atoms with Crippen molar-refractivity contribution in [1.29, 1.82) is 0 Å². The van der Waals surface area contributed by atoms with E-state index in [0.29, 0.717) is 12.5 Å². The van der Waals surface area contributed by atoms with E-state index in [9.17, 15) is 4.79 Å². The van der Waals surface area contributed by atoms with Crippen LogP contribution in [0.3, 0.4) is 0 Å². The second kappa shape index (κ2) is 6.16. The van der Waals surface area contributed by atoms with E-state index in [1.165, 1.54) is 0 Å². The third kappa shape index (κ3) is 3.54. The summed E-state index contributed by atoms with van der Waals surface area (Å²) in [5, 5.41) is 7.09. The number of hydrogen-bond acceptors (Lipinski definition) is 4. The van der Waals surface area contributed by atoms with Crippen molar-refractivity contribution in [2.75, 3.05) is 11.9 Å². The van der Waals surface area contributed by atoms with Crippen LogP contribution in [0.4, 0.5) is 5.82 Å². The smallest absolute Gasteiger partial charge is 0.254 e.